The topological polar surface area (TPSA) is 81.4 Å². The Hall–Kier alpha value is -1.60. The second-order valence-electron chi connectivity index (χ2n) is 3.66. The number of nitrogens with one attached hydrogen (secondary N) is 1. The molecule has 7 heteroatoms. The largest absolute Gasteiger partial charge is 0.469 e. The highest BCUT2D eigenvalue weighted by Gasteiger charge is 2.09. The van der Waals surface area contributed by atoms with Gasteiger partial charge in [0, 0.05) is 17.1 Å². The van der Waals surface area contributed by atoms with Crippen molar-refractivity contribution in [3.63, 3.8) is 0 Å². The van der Waals surface area contributed by atoms with Gasteiger partial charge < -0.3 is 4.74 Å². The molecule has 0 spiro atoms. The molecule has 1 amide bonds. The average molecular weight is 286 g/mol. The molecular weight excluding hydrogens is 271 g/mol. The highest BCUT2D eigenvalue weighted by Crippen LogP contribution is 2.18. The van der Waals surface area contributed by atoms with Crippen LogP contribution in [0.2, 0.25) is 0 Å². The molecule has 0 aromatic heterocycles. The van der Waals surface area contributed by atoms with Gasteiger partial charge in [0.05, 0.1) is 13.5 Å². The third kappa shape index (κ3) is 4.88. The van der Waals surface area contributed by atoms with E-state index in [9.17, 15) is 14.0 Å². The van der Waals surface area contributed by atoms with Gasteiger partial charge in [0.15, 0.2) is 0 Å². The number of hydrogen-bond acceptors (Lipinski definition) is 5. The number of rotatable bonds is 6. The van der Waals surface area contributed by atoms with Crippen LogP contribution in [0.4, 0.5) is 4.39 Å². The second kappa shape index (κ2) is 7.75. The van der Waals surface area contributed by atoms with Crippen LogP contribution in [-0.4, -0.2) is 24.7 Å². The van der Waals surface area contributed by atoms with Crippen molar-refractivity contribution >= 4 is 23.6 Å². The first-order valence-electron chi connectivity index (χ1n) is 5.52. The van der Waals surface area contributed by atoms with Crippen molar-refractivity contribution in [1.29, 1.82) is 0 Å². The summed E-state index contributed by atoms with van der Waals surface area (Å²) in [4.78, 5) is 22.2. The summed E-state index contributed by atoms with van der Waals surface area (Å²) in [6.45, 7) is 0. The molecule has 104 valence electrons. The van der Waals surface area contributed by atoms with Crippen molar-refractivity contribution in [3.05, 3.63) is 35.1 Å². The van der Waals surface area contributed by atoms with E-state index in [-0.39, 0.29) is 18.2 Å². The zero-order valence-electron chi connectivity index (χ0n) is 10.4. The molecule has 0 aliphatic rings. The molecule has 19 heavy (non-hydrogen) atoms. The van der Waals surface area contributed by atoms with Gasteiger partial charge in [0.1, 0.15) is 5.82 Å². The minimum atomic E-state index is -0.471. The molecule has 1 aromatic rings. The number of nitrogen functional groups attached to an aromatic ring is 1. The van der Waals surface area contributed by atoms with E-state index in [1.54, 1.807) is 0 Å². The van der Waals surface area contributed by atoms with Gasteiger partial charge in [0.2, 0.25) is 0 Å². The van der Waals surface area contributed by atoms with Crippen LogP contribution in [0.25, 0.3) is 0 Å². The van der Waals surface area contributed by atoms with Gasteiger partial charge in [0.25, 0.3) is 5.91 Å². The Bertz CT molecular complexity index is 468. The van der Waals surface area contributed by atoms with Crippen molar-refractivity contribution in [3.8, 4) is 0 Å². The number of esters is 1. The van der Waals surface area contributed by atoms with Gasteiger partial charge in [-0.3, -0.25) is 15.0 Å². The van der Waals surface area contributed by atoms with Crippen molar-refractivity contribution in [2.24, 2.45) is 5.84 Å². The predicted molar refractivity (Wildman–Crippen MR) is 70.8 cm³/mol. The number of carbonyl (C=O) groups excluding carboxylic acids is 2. The van der Waals surface area contributed by atoms with E-state index in [0.29, 0.717) is 22.6 Å². The molecule has 5 nitrogen and oxygen atoms in total. The smallest absolute Gasteiger partial charge is 0.306 e. The highest BCUT2D eigenvalue weighted by molar-refractivity contribution is 7.98. The molecule has 0 bridgehead atoms. The minimum absolute atomic E-state index is 0.270. The van der Waals surface area contributed by atoms with Gasteiger partial charge in [-0.1, -0.05) is 0 Å². The molecule has 0 heterocycles. The highest BCUT2D eigenvalue weighted by atomic mass is 32.2. The van der Waals surface area contributed by atoms with E-state index < -0.39 is 5.91 Å². The molecule has 0 fully saturated rings. The lowest BCUT2D eigenvalue weighted by Crippen LogP contribution is -2.30. The van der Waals surface area contributed by atoms with Crippen molar-refractivity contribution in [1.82, 2.24) is 5.43 Å². The van der Waals surface area contributed by atoms with Crippen molar-refractivity contribution < 1.29 is 18.7 Å². The van der Waals surface area contributed by atoms with Crippen LogP contribution in [0.3, 0.4) is 0 Å². The molecule has 1 aromatic carbocycles. The molecular formula is C12H15FN2O3S. The third-order valence-electron chi connectivity index (χ3n) is 2.37. The van der Waals surface area contributed by atoms with Crippen LogP contribution < -0.4 is 11.3 Å². The van der Waals surface area contributed by atoms with Crippen LogP contribution in [0.5, 0.6) is 0 Å². The summed E-state index contributed by atoms with van der Waals surface area (Å²) >= 11 is 1.39. The van der Waals surface area contributed by atoms with Gasteiger partial charge in [-0.2, -0.15) is 11.8 Å². The number of nitrogens with two attached hydrogens (primary N) is 1. The van der Waals surface area contributed by atoms with Crippen LogP contribution in [-0.2, 0) is 15.3 Å². The fraction of sp³-hybridized carbons (Fsp3) is 0.333. The third-order valence-corrected chi connectivity index (χ3v) is 3.38. The number of ether oxygens (including phenoxy) is 1. The maximum Gasteiger partial charge on any atom is 0.306 e. The molecule has 0 unspecified atom stereocenters. The number of hydrazine groups is 1. The first-order chi connectivity index (χ1) is 9.08. The predicted octanol–water partition coefficient (Wildman–Crippen LogP) is 1.23. The second-order valence-corrected chi connectivity index (χ2v) is 4.76. The monoisotopic (exact) mass is 286 g/mol. The van der Waals surface area contributed by atoms with Crippen molar-refractivity contribution in [2.75, 3.05) is 12.9 Å². The summed E-state index contributed by atoms with van der Waals surface area (Å²) in [5.74, 6) is 4.75. The van der Waals surface area contributed by atoms with E-state index in [2.05, 4.69) is 4.74 Å². The molecule has 0 aliphatic carbocycles. The van der Waals surface area contributed by atoms with Crippen LogP contribution >= 0.6 is 11.8 Å². The van der Waals surface area contributed by atoms with Gasteiger partial charge in [-0.05, 0) is 23.8 Å². The maximum absolute atomic E-state index is 13.5. The van der Waals surface area contributed by atoms with Gasteiger partial charge in [-0.25, -0.2) is 10.2 Å². The van der Waals surface area contributed by atoms with Gasteiger partial charge >= 0.3 is 5.97 Å². The van der Waals surface area contributed by atoms with E-state index in [0.717, 1.165) is 0 Å². The minimum Gasteiger partial charge on any atom is -0.469 e. The molecule has 0 radical (unpaired) electrons. The van der Waals surface area contributed by atoms with Crippen LogP contribution in [0.1, 0.15) is 22.3 Å². The Morgan fingerprint density at radius 3 is 2.84 bits per heavy atom. The normalized spacial score (nSPS) is 10.1. The SMILES string of the molecule is COC(=O)CCSCc1cc(C(=O)NN)ccc1F. The number of carbonyl (C=O) groups is 2. The molecule has 1 rings (SSSR count). The molecule has 0 saturated carbocycles. The van der Waals surface area contributed by atoms with Crippen LogP contribution in [0.15, 0.2) is 18.2 Å². The quantitative estimate of drug-likeness (QED) is 0.270. The Kier molecular flexibility index (Phi) is 6.31. The fourth-order valence-corrected chi connectivity index (χ4v) is 2.25. The number of halogens is 1. The molecule has 0 saturated heterocycles. The zero-order chi connectivity index (χ0) is 14.3. The van der Waals surface area contributed by atoms with E-state index in [1.807, 2.05) is 5.43 Å². The maximum atomic E-state index is 13.5. The number of thioether (sulfide) groups is 1. The lowest BCUT2D eigenvalue weighted by Gasteiger charge is -2.06. The van der Waals surface area contributed by atoms with Crippen LogP contribution in [0, 0.1) is 5.82 Å². The molecule has 0 aliphatic heterocycles. The van der Waals surface area contributed by atoms with E-state index in [4.69, 9.17) is 5.84 Å². The zero-order valence-corrected chi connectivity index (χ0v) is 11.3. The first kappa shape index (κ1) is 15.5. The lowest BCUT2D eigenvalue weighted by atomic mass is 10.1. The number of amides is 1. The molecule has 3 N–H and O–H groups in total. The number of methoxy groups -OCH3 is 1. The number of benzene rings is 1. The number of hydrogen-bond donors (Lipinski definition) is 2. The Morgan fingerprint density at radius 2 is 2.21 bits per heavy atom. The summed E-state index contributed by atoms with van der Waals surface area (Å²) in [6, 6.07) is 4.03. The summed E-state index contributed by atoms with van der Waals surface area (Å²) in [7, 11) is 1.32. The van der Waals surface area contributed by atoms with Crippen molar-refractivity contribution in [2.45, 2.75) is 12.2 Å². The summed E-state index contributed by atoms with van der Waals surface area (Å²) in [5.41, 5.74) is 2.69. The first-order valence-corrected chi connectivity index (χ1v) is 6.68. The summed E-state index contributed by atoms with van der Waals surface area (Å²) < 4.78 is 18.0. The Morgan fingerprint density at radius 1 is 1.47 bits per heavy atom. The Balaban J connectivity index is 2.57. The lowest BCUT2D eigenvalue weighted by molar-refractivity contribution is -0.140. The molecule has 0 atom stereocenters. The standard InChI is InChI=1S/C12H15FN2O3S/c1-18-11(16)4-5-19-7-9-6-8(12(17)15-14)2-3-10(9)13/h2-3,6H,4-5,7,14H2,1H3,(H,15,17). The van der Waals surface area contributed by atoms with Gasteiger partial charge in [-0.15, -0.1) is 0 Å². The fourth-order valence-electron chi connectivity index (χ4n) is 1.35. The summed E-state index contributed by atoms with van der Waals surface area (Å²) in [6.07, 6.45) is 0.270. The van der Waals surface area contributed by atoms with E-state index in [1.165, 1.54) is 37.1 Å². The summed E-state index contributed by atoms with van der Waals surface area (Å²) in [5, 5.41) is 0. The Labute approximate surface area is 114 Å². The average Bonchev–Trinajstić information content (AvgIpc) is 2.44. The van der Waals surface area contributed by atoms with E-state index >= 15 is 0 Å².